The maximum absolute atomic E-state index is 3.51. The third kappa shape index (κ3) is 7.42. The number of hydrogen-bond acceptors (Lipinski definition) is 6. The molecule has 0 amide bonds. The molecule has 0 radical (unpaired) electrons. The lowest BCUT2D eigenvalue weighted by Gasteiger charge is -2.38. The van der Waals surface area contributed by atoms with Crippen molar-refractivity contribution in [2.24, 2.45) is 22.7 Å². The van der Waals surface area contributed by atoms with Crippen molar-refractivity contribution in [1.82, 2.24) is 30.7 Å². The molecule has 0 aromatic carbocycles. The van der Waals surface area contributed by atoms with Gasteiger partial charge in [-0.05, 0) is 159 Å². The van der Waals surface area contributed by atoms with Gasteiger partial charge in [0.05, 0.1) is 0 Å². The second-order valence-corrected chi connectivity index (χ2v) is 13.4. The second kappa shape index (κ2) is 12.5. The fourth-order valence-corrected chi connectivity index (χ4v) is 8.09. The van der Waals surface area contributed by atoms with E-state index in [-0.39, 0.29) is 0 Å². The van der Waals surface area contributed by atoms with Crippen LogP contribution in [0.4, 0.5) is 0 Å². The fraction of sp³-hybridized carbons (Fsp3) is 1.00. The zero-order chi connectivity index (χ0) is 24.0. The summed E-state index contributed by atoms with van der Waals surface area (Å²) >= 11 is 0. The standard InChI is InChI=1S/C15H29N3.C14H27N3/c1-17-9-4-15(5-10-17)6-11-18(13-15)12-14-2-7-16-8-3-14;1-6-15-7-2-13(1)11-17-10-5-14(12-17)3-8-16-9-4-14/h14,16H,2-13H2,1H3;13,15-16H,1-12H2. The van der Waals surface area contributed by atoms with Crippen LogP contribution in [-0.2, 0) is 0 Å². The molecule has 6 fully saturated rings. The number of piperidine rings is 4. The van der Waals surface area contributed by atoms with Crippen LogP contribution in [0.1, 0.15) is 64.2 Å². The Morgan fingerprint density at radius 3 is 1.43 bits per heavy atom. The topological polar surface area (TPSA) is 45.8 Å². The van der Waals surface area contributed by atoms with E-state index < -0.39 is 0 Å². The van der Waals surface area contributed by atoms with Gasteiger partial charge in [-0.25, -0.2) is 0 Å². The molecule has 0 aromatic heterocycles. The third-order valence-electron chi connectivity index (χ3n) is 10.7. The molecule has 0 atom stereocenters. The van der Waals surface area contributed by atoms with Crippen molar-refractivity contribution in [1.29, 1.82) is 0 Å². The van der Waals surface area contributed by atoms with Crippen LogP contribution in [0.15, 0.2) is 0 Å². The summed E-state index contributed by atoms with van der Waals surface area (Å²) in [6, 6.07) is 0. The minimum Gasteiger partial charge on any atom is -0.317 e. The van der Waals surface area contributed by atoms with E-state index in [0.29, 0.717) is 10.8 Å². The highest BCUT2D eigenvalue weighted by Crippen LogP contribution is 2.41. The molecule has 0 aromatic rings. The molecule has 2 spiro atoms. The molecule has 6 heteroatoms. The summed E-state index contributed by atoms with van der Waals surface area (Å²) in [5.74, 6) is 1.93. The first-order valence-electron chi connectivity index (χ1n) is 15.4. The molecule has 6 aliphatic heterocycles. The number of nitrogens with zero attached hydrogens (tertiary/aromatic N) is 3. The summed E-state index contributed by atoms with van der Waals surface area (Å²) in [5.41, 5.74) is 1.39. The lowest BCUT2D eigenvalue weighted by molar-refractivity contribution is 0.120. The predicted octanol–water partition coefficient (Wildman–Crippen LogP) is 2.47. The smallest absolute Gasteiger partial charge is 0.00395 e. The van der Waals surface area contributed by atoms with Gasteiger partial charge in [0.1, 0.15) is 0 Å². The Kier molecular flexibility index (Phi) is 9.45. The van der Waals surface area contributed by atoms with Crippen molar-refractivity contribution in [3.05, 3.63) is 0 Å². The van der Waals surface area contributed by atoms with Gasteiger partial charge >= 0.3 is 0 Å². The number of likely N-dealkylation sites (tertiary alicyclic amines) is 3. The Labute approximate surface area is 216 Å². The molecule has 6 aliphatic rings. The van der Waals surface area contributed by atoms with Gasteiger partial charge in [0.2, 0.25) is 0 Å². The monoisotopic (exact) mass is 488 g/mol. The van der Waals surface area contributed by atoms with Crippen LogP contribution in [0.2, 0.25) is 0 Å². The van der Waals surface area contributed by atoms with Crippen molar-refractivity contribution in [3.63, 3.8) is 0 Å². The van der Waals surface area contributed by atoms with Crippen molar-refractivity contribution in [3.8, 4) is 0 Å². The molecular formula is C29H56N6. The second-order valence-electron chi connectivity index (χ2n) is 13.4. The quantitative estimate of drug-likeness (QED) is 0.565. The average molecular weight is 489 g/mol. The van der Waals surface area contributed by atoms with Gasteiger partial charge in [0.25, 0.3) is 0 Å². The maximum atomic E-state index is 3.51. The van der Waals surface area contributed by atoms with E-state index in [4.69, 9.17) is 0 Å². The molecule has 6 saturated heterocycles. The SMILES string of the molecule is C1CC(CN2CCC3(CCNCC3)C2)CCN1.CN1CCC2(CC1)CCN(CC1CCNCC1)C2. The Morgan fingerprint density at radius 2 is 0.943 bits per heavy atom. The molecular weight excluding hydrogens is 432 g/mol. The van der Waals surface area contributed by atoms with Crippen LogP contribution in [0.25, 0.3) is 0 Å². The Morgan fingerprint density at radius 1 is 0.543 bits per heavy atom. The van der Waals surface area contributed by atoms with Gasteiger partial charge in [-0.3, -0.25) is 0 Å². The zero-order valence-corrected chi connectivity index (χ0v) is 23.0. The minimum absolute atomic E-state index is 0.693. The van der Waals surface area contributed by atoms with E-state index in [0.717, 1.165) is 11.8 Å². The Bertz CT molecular complexity index is 615. The lowest BCUT2D eigenvalue weighted by Crippen LogP contribution is -2.41. The average Bonchev–Trinajstić information content (AvgIpc) is 3.47. The number of hydrogen-bond donors (Lipinski definition) is 3. The van der Waals surface area contributed by atoms with Gasteiger partial charge < -0.3 is 30.7 Å². The lowest BCUT2D eigenvalue weighted by atomic mass is 9.78. The Balaban J connectivity index is 0.000000145. The summed E-state index contributed by atoms with van der Waals surface area (Å²) < 4.78 is 0. The highest BCUT2D eigenvalue weighted by molar-refractivity contribution is 4.95. The third-order valence-corrected chi connectivity index (χ3v) is 10.7. The van der Waals surface area contributed by atoms with E-state index in [1.807, 2.05) is 0 Å². The first kappa shape index (κ1) is 26.4. The number of nitrogens with one attached hydrogen (secondary N) is 3. The van der Waals surface area contributed by atoms with Gasteiger partial charge in [0.15, 0.2) is 0 Å². The highest BCUT2D eigenvalue weighted by Gasteiger charge is 2.41. The van der Waals surface area contributed by atoms with Crippen LogP contribution in [0.5, 0.6) is 0 Å². The first-order chi connectivity index (χ1) is 17.1. The summed E-state index contributed by atoms with van der Waals surface area (Å²) in [5, 5.41) is 10.5. The summed E-state index contributed by atoms with van der Waals surface area (Å²) in [4.78, 5) is 8.04. The summed E-state index contributed by atoms with van der Waals surface area (Å²) in [7, 11) is 2.27. The van der Waals surface area contributed by atoms with Crippen molar-refractivity contribution in [2.45, 2.75) is 64.2 Å². The van der Waals surface area contributed by atoms with Crippen LogP contribution in [0, 0.1) is 22.7 Å². The van der Waals surface area contributed by atoms with Gasteiger partial charge in [-0.1, -0.05) is 0 Å². The van der Waals surface area contributed by atoms with E-state index in [1.54, 1.807) is 0 Å². The van der Waals surface area contributed by atoms with E-state index in [9.17, 15) is 0 Å². The van der Waals surface area contributed by atoms with E-state index in [1.165, 1.54) is 156 Å². The van der Waals surface area contributed by atoms with E-state index in [2.05, 4.69) is 37.7 Å². The van der Waals surface area contributed by atoms with Crippen molar-refractivity contribution < 1.29 is 0 Å². The largest absolute Gasteiger partial charge is 0.317 e. The minimum atomic E-state index is 0.693. The molecule has 0 unspecified atom stereocenters. The predicted molar refractivity (Wildman–Crippen MR) is 147 cm³/mol. The van der Waals surface area contributed by atoms with Gasteiger partial charge in [0, 0.05) is 26.2 Å². The highest BCUT2D eigenvalue weighted by atomic mass is 15.2. The molecule has 6 rings (SSSR count). The molecule has 0 bridgehead atoms. The molecule has 0 aliphatic carbocycles. The van der Waals surface area contributed by atoms with Crippen LogP contribution in [0.3, 0.4) is 0 Å². The van der Waals surface area contributed by atoms with Crippen LogP contribution in [-0.4, -0.2) is 113 Å². The van der Waals surface area contributed by atoms with Crippen molar-refractivity contribution >= 4 is 0 Å². The molecule has 35 heavy (non-hydrogen) atoms. The molecule has 6 nitrogen and oxygen atoms in total. The van der Waals surface area contributed by atoms with E-state index >= 15 is 0 Å². The number of rotatable bonds is 4. The summed E-state index contributed by atoms with van der Waals surface area (Å²) in [6.45, 7) is 18.4. The van der Waals surface area contributed by atoms with Gasteiger partial charge in [-0.15, -0.1) is 0 Å². The van der Waals surface area contributed by atoms with Crippen LogP contribution >= 0.6 is 0 Å². The van der Waals surface area contributed by atoms with Gasteiger partial charge in [-0.2, -0.15) is 0 Å². The Hall–Kier alpha value is -0.240. The molecule has 6 heterocycles. The zero-order valence-electron chi connectivity index (χ0n) is 23.0. The first-order valence-corrected chi connectivity index (χ1v) is 15.4. The van der Waals surface area contributed by atoms with Crippen LogP contribution < -0.4 is 16.0 Å². The molecule has 202 valence electrons. The maximum Gasteiger partial charge on any atom is 0.00395 e. The summed E-state index contributed by atoms with van der Waals surface area (Å²) in [6.07, 6.45) is 14.2. The normalized spacial score (nSPS) is 31.1. The molecule has 3 N–H and O–H groups in total. The molecule has 0 saturated carbocycles. The van der Waals surface area contributed by atoms with Crippen molar-refractivity contribution in [2.75, 3.05) is 98.7 Å². The fourth-order valence-electron chi connectivity index (χ4n) is 8.09.